The first-order chi connectivity index (χ1) is 9.62. The lowest BCUT2D eigenvalue weighted by atomic mass is 10.3. The Morgan fingerprint density at radius 3 is 2.85 bits per heavy atom. The molecule has 2 aromatic rings. The lowest BCUT2D eigenvalue weighted by Gasteiger charge is -2.02. The van der Waals surface area contributed by atoms with Crippen molar-refractivity contribution in [2.75, 3.05) is 10.7 Å². The molecule has 0 saturated carbocycles. The fourth-order valence-electron chi connectivity index (χ4n) is 1.52. The zero-order valence-corrected chi connectivity index (χ0v) is 12.7. The van der Waals surface area contributed by atoms with Gasteiger partial charge < -0.3 is 5.32 Å². The number of aromatic nitrogens is 1. The number of anilines is 2. The molecule has 0 radical (unpaired) electrons. The lowest BCUT2D eigenvalue weighted by molar-refractivity contribution is -0.115. The number of thiazole rings is 1. The Morgan fingerprint density at radius 2 is 2.15 bits per heavy atom. The van der Waals surface area contributed by atoms with Gasteiger partial charge in [-0.05, 0) is 31.5 Å². The molecule has 0 saturated heterocycles. The van der Waals surface area contributed by atoms with E-state index in [-0.39, 0.29) is 5.91 Å². The number of hydrogen-bond acceptors (Lipinski definition) is 5. The molecule has 0 bridgehead atoms. The highest BCUT2D eigenvalue weighted by molar-refractivity contribution is 7.22. The molecule has 6 heteroatoms. The van der Waals surface area contributed by atoms with Crippen LogP contribution in [0.3, 0.4) is 0 Å². The van der Waals surface area contributed by atoms with Crippen LogP contribution in [0, 0.1) is 0 Å². The Balaban J connectivity index is 2.19. The molecule has 2 rings (SSSR count). The van der Waals surface area contributed by atoms with Gasteiger partial charge in [0.05, 0.1) is 10.2 Å². The minimum absolute atomic E-state index is 0.00102. The summed E-state index contributed by atoms with van der Waals surface area (Å²) in [5, 5.41) is 7.82. The first-order valence-corrected chi connectivity index (χ1v) is 7.43. The van der Waals surface area contributed by atoms with E-state index in [1.807, 2.05) is 32.0 Å². The normalized spacial score (nSPS) is 11.7. The van der Waals surface area contributed by atoms with Crippen LogP contribution in [0.2, 0.25) is 0 Å². The van der Waals surface area contributed by atoms with Crippen LogP contribution in [0.1, 0.15) is 33.6 Å². The van der Waals surface area contributed by atoms with Crippen LogP contribution in [0.15, 0.2) is 23.3 Å². The monoisotopic (exact) mass is 290 g/mol. The molecule has 0 aliphatic heterocycles. The van der Waals surface area contributed by atoms with E-state index in [1.165, 1.54) is 0 Å². The van der Waals surface area contributed by atoms with E-state index in [4.69, 9.17) is 0 Å². The van der Waals surface area contributed by atoms with E-state index in [0.717, 1.165) is 33.2 Å². The smallest absolute Gasteiger partial charge is 0.224 e. The number of benzene rings is 1. The summed E-state index contributed by atoms with van der Waals surface area (Å²) >= 11 is 1.54. The highest BCUT2D eigenvalue weighted by Crippen LogP contribution is 2.28. The first kappa shape index (κ1) is 14.5. The van der Waals surface area contributed by atoms with Crippen LogP contribution in [0.5, 0.6) is 0 Å². The molecule has 1 aromatic carbocycles. The van der Waals surface area contributed by atoms with Crippen molar-refractivity contribution >= 4 is 44.0 Å². The SMILES string of the molecule is CCC(=O)Nc1ccc2sc(N/N=C(/C)CC)nc2c1. The van der Waals surface area contributed by atoms with Crippen LogP contribution < -0.4 is 10.7 Å². The molecule has 5 nitrogen and oxygen atoms in total. The Morgan fingerprint density at radius 1 is 1.35 bits per heavy atom. The van der Waals surface area contributed by atoms with Crippen LogP contribution >= 0.6 is 11.3 Å². The van der Waals surface area contributed by atoms with Crippen molar-refractivity contribution < 1.29 is 4.79 Å². The van der Waals surface area contributed by atoms with Crippen molar-refractivity contribution in [3.63, 3.8) is 0 Å². The second-order valence-electron chi connectivity index (χ2n) is 4.42. The van der Waals surface area contributed by atoms with Crippen molar-refractivity contribution in [2.45, 2.75) is 33.6 Å². The molecule has 0 spiro atoms. The van der Waals surface area contributed by atoms with Crippen LogP contribution in [0.4, 0.5) is 10.8 Å². The molecular formula is C14H18N4OS. The summed E-state index contributed by atoms with van der Waals surface area (Å²) in [5.74, 6) is 0.00102. The Labute approximate surface area is 122 Å². The summed E-state index contributed by atoms with van der Waals surface area (Å²) in [6.45, 7) is 5.85. The van der Waals surface area contributed by atoms with Crippen molar-refractivity contribution in [2.24, 2.45) is 5.10 Å². The maximum Gasteiger partial charge on any atom is 0.224 e. The number of fused-ring (bicyclic) bond motifs is 1. The molecule has 20 heavy (non-hydrogen) atoms. The van der Waals surface area contributed by atoms with Crippen LogP contribution in [-0.2, 0) is 4.79 Å². The molecule has 106 valence electrons. The minimum atomic E-state index is 0.00102. The molecule has 0 aliphatic rings. The van der Waals surface area contributed by atoms with E-state index >= 15 is 0 Å². The molecule has 1 aromatic heterocycles. The van der Waals surface area contributed by atoms with Gasteiger partial charge in [-0.2, -0.15) is 5.10 Å². The zero-order valence-electron chi connectivity index (χ0n) is 11.9. The van der Waals surface area contributed by atoms with E-state index < -0.39 is 0 Å². The number of carbonyl (C=O) groups is 1. The van der Waals surface area contributed by atoms with E-state index in [9.17, 15) is 4.79 Å². The van der Waals surface area contributed by atoms with Crippen molar-refractivity contribution in [3.8, 4) is 0 Å². The van der Waals surface area contributed by atoms with Gasteiger partial charge in [-0.1, -0.05) is 25.2 Å². The average molecular weight is 290 g/mol. The zero-order chi connectivity index (χ0) is 14.5. The predicted octanol–water partition coefficient (Wildman–Crippen LogP) is 3.84. The number of amides is 1. The van der Waals surface area contributed by atoms with Crippen molar-refractivity contribution in [1.82, 2.24) is 4.98 Å². The standard InChI is InChI=1S/C14H18N4OS/c1-4-9(3)17-18-14-16-11-8-10(15-13(19)5-2)6-7-12(11)20-14/h6-8H,4-5H2,1-3H3,(H,15,19)(H,16,18)/b17-9-. The van der Waals surface area contributed by atoms with Crippen LogP contribution in [-0.4, -0.2) is 16.6 Å². The summed E-state index contributed by atoms with van der Waals surface area (Å²) in [6, 6.07) is 5.72. The van der Waals surface area contributed by atoms with Gasteiger partial charge in [0.25, 0.3) is 0 Å². The Bertz CT molecular complexity index is 648. The second kappa shape index (κ2) is 6.47. The molecule has 2 N–H and O–H groups in total. The van der Waals surface area contributed by atoms with Gasteiger partial charge >= 0.3 is 0 Å². The third-order valence-electron chi connectivity index (χ3n) is 2.85. The third-order valence-corrected chi connectivity index (χ3v) is 3.79. The van der Waals surface area contributed by atoms with Gasteiger partial charge in [-0.15, -0.1) is 0 Å². The fraction of sp³-hybridized carbons (Fsp3) is 0.357. The van der Waals surface area contributed by atoms with Gasteiger partial charge in [-0.25, -0.2) is 4.98 Å². The van der Waals surface area contributed by atoms with Gasteiger partial charge in [0.15, 0.2) is 0 Å². The fourth-order valence-corrected chi connectivity index (χ4v) is 2.31. The highest BCUT2D eigenvalue weighted by atomic mass is 32.1. The highest BCUT2D eigenvalue weighted by Gasteiger charge is 2.05. The third kappa shape index (κ3) is 3.54. The number of nitrogens with zero attached hydrogens (tertiary/aromatic N) is 2. The molecule has 0 unspecified atom stereocenters. The summed E-state index contributed by atoms with van der Waals surface area (Å²) in [6.07, 6.45) is 1.37. The summed E-state index contributed by atoms with van der Waals surface area (Å²) in [5.41, 5.74) is 5.62. The summed E-state index contributed by atoms with van der Waals surface area (Å²) in [7, 11) is 0. The van der Waals surface area contributed by atoms with Crippen molar-refractivity contribution in [1.29, 1.82) is 0 Å². The summed E-state index contributed by atoms with van der Waals surface area (Å²) in [4.78, 5) is 15.8. The summed E-state index contributed by atoms with van der Waals surface area (Å²) < 4.78 is 1.06. The maximum absolute atomic E-state index is 11.4. The molecular weight excluding hydrogens is 272 g/mol. The van der Waals surface area contributed by atoms with E-state index in [1.54, 1.807) is 11.3 Å². The number of carbonyl (C=O) groups excluding carboxylic acids is 1. The first-order valence-electron chi connectivity index (χ1n) is 6.62. The van der Waals surface area contributed by atoms with Gasteiger partial charge in [0, 0.05) is 17.8 Å². The van der Waals surface area contributed by atoms with Gasteiger partial charge in [0.1, 0.15) is 0 Å². The van der Waals surface area contributed by atoms with Crippen LogP contribution in [0.25, 0.3) is 10.2 Å². The predicted molar refractivity (Wildman–Crippen MR) is 85.6 cm³/mol. The van der Waals surface area contributed by atoms with E-state index in [0.29, 0.717) is 6.42 Å². The molecule has 1 heterocycles. The molecule has 0 atom stereocenters. The molecule has 1 amide bonds. The van der Waals surface area contributed by atoms with Gasteiger partial charge in [0.2, 0.25) is 11.0 Å². The largest absolute Gasteiger partial charge is 0.326 e. The number of hydrogen-bond donors (Lipinski definition) is 2. The number of nitrogens with one attached hydrogen (secondary N) is 2. The van der Waals surface area contributed by atoms with Crippen molar-refractivity contribution in [3.05, 3.63) is 18.2 Å². The lowest BCUT2D eigenvalue weighted by Crippen LogP contribution is -2.08. The maximum atomic E-state index is 11.4. The average Bonchev–Trinajstić information content (AvgIpc) is 2.86. The molecule has 0 aliphatic carbocycles. The minimum Gasteiger partial charge on any atom is -0.326 e. The van der Waals surface area contributed by atoms with E-state index in [2.05, 4.69) is 27.8 Å². The second-order valence-corrected chi connectivity index (χ2v) is 5.45. The van der Waals surface area contributed by atoms with Gasteiger partial charge in [-0.3, -0.25) is 10.2 Å². The molecule has 0 fully saturated rings. The Kier molecular flexibility index (Phi) is 4.68. The quantitative estimate of drug-likeness (QED) is 0.649. The number of rotatable bonds is 5. The topological polar surface area (TPSA) is 66.4 Å². The number of hydrazone groups is 1. The Hall–Kier alpha value is -1.95.